The molecule has 1 saturated heterocycles. The molecule has 2 aromatic rings. The van der Waals surface area contributed by atoms with E-state index in [1.807, 2.05) is 33.9 Å². The van der Waals surface area contributed by atoms with Crippen molar-refractivity contribution in [2.45, 2.75) is 77.3 Å². The predicted octanol–water partition coefficient (Wildman–Crippen LogP) is 1.40. The van der Waals surface area contributed by atoms with Gasteiger partial charge in [0.25, 0.3) is 5.56 Å². The summed E-state index contributed by atoms with van der Waals surface area (Å²) in [6.07, 6.45) is -2.88. The summed E-state index contributed by atoms with van der Waals surface area (Å²) in [7, 11) is -5.76. The third-order valence-corrected chi connectivity index (χ3v) is 11.3. The van der Waals surface area contributed by atoms with Gasteiger partial charge in [0.2, 0.25) is 11.9 Å². The van der Waals surface area contributed by atoms with Gasteiger partial charge in [-0.3, -0.25) is 24.5 Å². The molecule has 15 heteroatoms. The van der Waals surface area contributed by atoms with Gasteiger partial charge in [0.1, 0.15) is 12.2 Å². The number of nitrogens with zero attached hydrogens (tertiary/aromatic N) is 3. The minimum Gasteiger partial charge on any atom is -0.566 e. The number of amides is 1. The number of anilines is 1. The number of aliphatic hydroxyl groups excluding tert-OH is 1. The van der Waals surface area contributed by atoms with E-state index in [-0.39, 0.29) is 34.0 Å². The van der Waals surface area contributed by atoms with E-state index in [1.54, 1.807) is 13.8 Å². The number of H-pyrrole nitrogens is 1. The zero-order valence-corrected chi connectivity index (χ0v) is 22.7. The van der Waals surface area contributed by atoms with Crippen LogP contribution in [0.1, 0.15) is 40.8 Å². The van der Waals surface area contributed by atoms with E-state index in [4.69, 9.17) is 13.7 Å². The predicted molar refractivity (Wildman–Crippen MR) is 127 cm³/mol. The van der Waals surface area contributed by atoms with E-state index in [0.29, 0.717) is 0 Å². The van der Waals surface area contributed by atoms with Crippen molar-refractivity contribution in [1.29, 1.82) is 0 Å². The van der Waals surface area contributed by atoms with Crippen LogP contribution < -0.4 is 15.8 Å². The summed E-state index contributed by atoms with van der Waals surface area (Å²) in [5, 5.41) is 12.3. The number of aromatic nitrogens is 4. The summed E-state index contributed by atoms with van der Waals surface area (Å²) in [5.41, 5.74) is -0.612. The molecular formula is C20H32N5O8PSi. The largest absolute Gasteiger partial charge is 0.566 e. The van der Waals surface area contributed by atoms with Crippen LogP contribution in [0.4, 0.5) is 5.95 Å². The second kappa shape index (κ2) is 10.1. The van der Waals surface area contributed by atoms with Crippen molar-refractivity contribution in [2.75, 3.05) is 11.9 Å². The Labute approximate surface area is 204 Å². The van der Waals surface area contributed by atoms with Gasteiger partial charge in [-0.2, -0.15) is 4.98 Å². The fourth-order valence-electron chi connectivity index (χ4n) is 3.38. The number of aliphatic hydroxyl groups is 1. The average Bonchev–Trinajstić information content (AvgIpc) is 3.28. The minimum absolute atomic E-state index is 0.0391. The molecule has 3 heterocycles. The van der Waals surface area contributed by atoms with Crippen molar-refractivity contribution in [3.63, 3.8) is 0 Å². The number of nitrogens with one attached hydrogen (secondary N) is 2. The van der Waals surface area contributed by atoms with E-state index in [2.05, 4.69) is 20.3 Å². The van der Waals surface area contributed by atoms with Crippen LogP contribution in [0.3, 0.4) is 0 Å². The highest BCUT2D eigenvalue weighted by molar-refractivity contribution is 7.30. The molecule has 1 aliphatic heterocycles. The van der Waals surface area contributed by atoms with Crippen molar-refractivity contribution in [2.24, 2.45) is 5.92 Å². The Balaban J connectivity index is 2.07. The third kappa shape index (κ3) is 5.69. The summed E-state index contributed by atoms with van der Waals surface area (Å²) < 4.78 is 30.6. The van der Waals surface area contributed by atoms with Crippen molar-refractivity contribution >= 4 is 39.6 Å². The number of carbonyl (C=O) groups is 1. The lowest BCUT2D eigenvalue weighted by molar-refractivity contribution is -0.194. The maximum Gasteiger partial charge on any atom is 0.489 e. The summed E-state index contributed by atoms with van der Waals surface area (Å²) in [4.78, 5) is 47.2. The lowest BCUT2D eigenvalue weighted by atomic mass is 10.1. The van der Waals surface area contributed by atoms with Gasteiger partial charge in [-0.1, -0.05) is 34.6 Å². The number of hydrogen-bond acceptors (Lipinski definition) is 10. The molecule has 3 N–H and O–H groups in total. The molecule has 0 spiro atoms. The molecule has 0 aromatic carbocycles. The van der Waals surface area contributed by atoms with Gasteiger partial charge in [-0.05, 0) is 22.7 Å². The molecule has 1 fully saturated rings. The van der Waals surface area contributed by atoms with Crippen LogP contribution in [-0.2, 0) is 23.0 Å². The fraction of sp³-hybridized carbons (Fsp3) is 0.700. The Morgan fingerprint density at radius 2 is 2.06 bits per heavy atom. The average molecular weight is 530 g/mol. The van der Waals surface area contributed by atoms with Crippen molar-refractivity contribution in [1.82, 2.24) is 19.5 Å². The summed E-state index contributed by atoms with van der Waals surface area (Å²) in [5.74, 6) is -0.812. The van der Waals surface area contributed by atoms with Gasteiger partial charge in [-0.15, -0.1) is 4.52 Å². The van der Waals surface area contributed by atoms with Gasteiger partial charge in [0, 0.05) is 5.92 Å². The molecule has 5 atom stereocenters. The first kappa shape index (κ1) is 27.5. The van der Waals surface area contributed by atoms with E-state index in [1.165, 1.54) is 10.9 Å². The first-order valence-electron chi connectivity index (χ1n) is 11.2. The number of ether oxygens (including phenoxy) is 1. The van der Waals surface area contributed by atoms with Gasteiger partial charge in [-0.25, -0.2) is 4.98 Å². The minimum atomic E-state index is -3.31. The molecular weight excluding hydrogens is 497 g/mol. The van der Waals surface area contributed by atoms with Crippen molar-refractivity contribution in [3.8, 4) is 0 Å². The summed E-state index contributed by atoms with van der Waals surface area (Å²) >= 11 is 0. The molecule has 13 nitrogen and oxygen atoms in total. The molecule has 0 bridgehead atoms. The Morgan fingerprint density at radius 1 is 1.40 bits per heavy atom. The van der Waals surface area contributed by atoms with E-state index in [9.17, 15) is 24.2 Å². The van der Waals surface area contributed by atoms with E-state index < -0.39 is 53.3 Å². The number of imidazole rings is 1. The molecule has 0 radical (unpaired) electrons. The molecule has 194 valence electrons. The number of fused-ring (bicyclic) bond motifs is 1. The standard InChI is InChI=1S/C20H32N5O8PSi/c1-10(2)16(27)23-19-22-15-12(17(28)24-19)21-9-25(15)18-14(32-34(29)30)13(11(8-26)31-18)33-35(6,7)20(3,4)5/h9-11,13-14,18,26H,8H2,1-7H3,(H2,22,23,24,27,28)/t11-,13-,14+,18-/m1/s1. The molecule has 1 unspecified atom stereocenters. The van der Waals surface area contributed by atoms with Crippen LogP contribution in [0.2, 0.25) is 18.1 Å². The molecule has 2 aromatic heterocycles. The van der Waals surface area contributed by atoms with Gasteiger partial charge in [0.05, 0.1) is 12.9 Å². The van der Waals surface area contributed by atoms with Crippen LogP contribution in [0, 0.1) is 5.92 Å². The topological polar surface area (TPSA) is 181 Å². The second-order valence-electron chi connectivity index (χ2n) is 10.3. The number of rotatable bonds is 8. The number of hydrogen-bond donors (Lipinski definition) is 3. The second-order valence-corrected chi connectivity index (χ2v) is 15.7. The molecule has 0 aliphatic carbocycles. The highest BCUT2D eigenvalue weighted by Crippen LogP contribution is 2.43. The Kier molecular flexibility index (Phi) is 7.96. The monoisotopic (exact) mass is 529 g/mol. The first-order valence-corrected chi connectivity index (χ1v) is 15.2. The Bertz CT molecular complexity index is 1160. The van der Waals surface area contributed by atoms with E-state index >= 15 is 0 Å². The first-order chi connectivity index (χ1) is 16.2. The quantitative estimate of drug-likeness (QED) is 0.334. The molecule has 35 heavy (non-hydrogen) atoms. The number of carbonyl (C=O) groups excluding carboxylic acids is 1. The molecule has 1 amide bonds. The zero-order chi connectivity index (χ0) is 26.3. The van der Waals surface area contributed by atoms with Crippen LogP contribution in [-0.4, -0.2) is 63.8 Å². The van der Waals surface area contributed by atoms with Crippen LogP contribution in [0.5, 0.6) is 0 Å². The number of aromatic amines is 1. The van der Waals surface area contributed by atoms with Crippen molar-refractivity contribution in [3.05, 3.63) is 16.7 Å². The lowest BCUT2D eigenvalue weighted by Gasteiger charge is -2.39. The molecule has 1 aliphatic rings. The lowest BCUT2D eigenvalue weighted by Crippen LogP contribution is -2.50. The zero-order valence-electron chi connectivity index (χ0n) is 20.8. The highest BCUT2D eigenvalue weighted by atomic mass is 31.1. The fourth-order valence-corrected chi connectivity index (χ4v) is 5.13. The Hall–Kier alpha value is -2.06. The van der Waals surface area contributed by atoms with Crippen LogP contribution in [0.15, 0.2) is 11.1 Å². The van der Waals surface area contributed by atoms with E-state index in [0.717, 1.165) is 0 Å². The third-order valence-electron chi connectivity index (χ3n) is 6.38. The summed E-state index contributed by atoms with van der Waals surface area (Å²) in [6, 6.07) is 0. The van der Waals surface area contributed by atoms with Crippen LogP contribution in [0.25, 0.3) is 11.2 Å². The SMILES string of the molecule is CC(C)C(=O)Nc1nc2c(ncn2[C@@H]2O[C@H](CO)[C@@H](O[Si](C)(C)C(C)(C)C)[C@@H]2O[P+](=O)[O-])c(=O)[nH]1. The maximum absolute atomic E-state index is 12.6. The van der Waals surface area contributed by atoms with Crippen LogP contribution >= 0.6 is 8.25 Å². The molecule has 0 saturated carbocycles. The Morgan fingerprint density at radius 3 is 2.60 bits per heavy atom. The molecule has 3 rings (SSSR count). The van der Waals surface area contributed by atoms with Gasteiger partial charge < -0.3 is 19.2 Å². The van der Waals surface area contributed by atoms with Gasteiger partial charge in [0.15, 0.2) is 31.8 Å². The maximum atomic E-state index is 12.6. The highest BCUT2D eigenvalue weighted by Gasteiger charge is 2.54. The van der Waals surface area contributed by atoms with Crippen molar-refractivity contribution < 1.29 is 33.0 Å². The summed E-state index contributed by atoms with van der Waals surface area (Å²) in [6.45, 7) is 13.0. The van der Waals surface area contributed by atoms with Gasteiger partial charge >= 0.3 is 8.25 Å². The normalized spacial score (nSPS) is 23.8. The smallest absolute Gasteiger partial charge is 0.489 e.